The van der Waals surface area contributed by atoms with Gasteiger partial charge in [-0.2, -0.15) is 0 Å². The van der Waals surface area contributed by atoms with E-state index in [1.807, 2.05) is 13.8 Å². The minimum Gasteiger partial charge on any atom is -0.491 e. The molecule has 1 N–H and O–H groups in total. The summed E-state index contributed by atoms with van der Waals surface area (Å²) in [6.45, 7) is 8.13. The molecule has 0 spiro atoms. The molecule has 0 aromatic heterocycles. The van der Waals surface area contributed by atoms with Crippen molar-refractivity contribution in [3.63, 3.8) is 0 Å². The molecular weight excluding hydrogens is 278 g/mol. The van der Waals surface area contributed by atoms with Gasteiger partial charge in [0.15, 0.2) is 0 Å². The number of hydrogen-bond acceptors (Lipinski definition) is 4. The third-order valence-electron chi connectivity index (χ3n) is 3.89. The van der Waals surface area contributed by atoms with Crippen LogP contribution < -0.4 is 4.74 Å². The molecule has 22 heavy (non-hydrogen) atoms. The first kappa shape index (κ1) is 17.3. The smallest absolute Gasteiger partial charge is 0.119 e. The summed E-state index contributed by atoms with van der Waals surface area (Å²) in [4.78, 5) is 2.48. The second-order valence-corrected chi connectivity index (χ2v) is 6.23. The van der Waals surface area contributed by atoms with Gasteiger partial charge in [-0.1, -0.05) is 12.1 Å². The van der Waals surface area contributed by atoms with E-state index in [1.165, 1.54) is 5.56 Å². The Morgan fingerprint density at radius 2 is 1.86 bits per heavy atom. The van der Waals surface area contributed by atoms with Crippen molar-refractivity contribution >= 4 is 0 Å². The summed E-state index contributed by atoms with van der Waals surface area (Å²) in [5.74, 6) is 0.940. The van der Waals surface area contributed by atoms with Crippen molar-refractivity contribution in [1.82, 2.24) is 4.90 Å². The largest absolute Gasteiger partial charge is 0.491 e. The van der Waals surface area contributed by atoms with Gasteiger partial charge in [0.1, 0.15) is 5.75 Å². The number of ether oxygens (including phenoxy) is 2. The van der Waals surface area contributed by atoms with Crippen LogP contribution >= 0.6 is 0 Å². The lowest BCUT2D eigenvalue weighted by atomic mass is 10.1. The Morgan fingerprint density at radius 3 is 2.45 bits per heavy atom. The van der Waals surface area contributed by atoms with Crippen LogP contribution in [-0.2, 0) is 11.3 Å². The van der Waals surface area contributed by atoms with Crippen LogP contribution in [-0.4, -0.2) is 48.5 Å². The molecule has 0 atom stereocenters. The van der Waals surface area contributed by atoms with Crippen molar-refractivity contribution in [3.05, 3.63) is 29.8 Å². The van der Waals surface area contributed by atoms with Crippen LogP contribution in [0.15, 0.2) is 24.3 Å². The normalized spacial score (nSPS) is 17.1. The summed E-state index contributed by atoms with van der Waals surface area (Å²) >= 11 is 0. The standard InChI is InChI=1S/C18H29NO3/c1-15(2)22-18-6-4-16(5-7-18)14-19-10-8-17(9-11-19)21-13-3-12-20/h4-7,15,17,20H,3,8-14H2,1-2H3. The van der Waals surface area contributed by atoms with Gasteiger partial charge in [-0.15, -0.1) is 0 Å². The zero-order valence-electron chi connectivity index (χ0n) is 13.8. The van der Waals surface area contributed by atoms with E-state index in [0.29, 0.717) is 12.7 Å². The maximum Gasteiger partial charge on any atom is 0.119 e. The topological polar surface area (TPSA) is 41.9 Å². The zero-order chi connectivity index (χ0) is 15.8. The van der Waals surface area contributed by atoms with Crippen molar-refractivity contribution in [2.45, 2.75) is 51.9 Å². The first-order chi connectivity index (χ1) is 10.7. The third-order valence-corrected chi connectivity index (χ3v) is 3.89. The molecule has 2 rings (SSSR count). The maximum absolute atomic E-state index is 8.77. The molecular formula is C18H29NO3. The molecule has 1 heterocycles. The van der Waals surface area contributed by atoms with Crippen molar-refractivity contribution < 1.29 is 14.6 Å². The first-order valence-corrected chi connectivity index (χ1v) is 8.38. The van der Waals surface area contributed by atoms with E-state index in [-0.39, 0.29) is 12.7 Å². The van der Waals surface area contributed by atoms with Gasteiger partial charge >= 0.3 is 0 Å². The Hall–Kier alpha value is -1.10. The third kappa shape index (κ3) is 5.95. The highest BCUT2D eigenvalue weighted by atomic mass is 16.5. The molecule has 0 radical (unpaired) electrons. The molecule has 1 saturated heterocycles. The van der Waals surface area contributed by atoms with E-state index in [2.05, 4.69) is 29.2 Å². The van der Waals surface area contributed by atoms with Crippen molar-refractivity contribution in [2.75, 3.05) is 26.3 Å². The van der Waals surface area contributed by atoms with E-state index < -0.39 is 0 Å². The predicted molar refractivity (Wildman–Crippen MR) is 88.2 cm³/mol. The fourth-order valence-corrected chi connectivity index (χ4v) is 2.75. The number of likely N-dealkylation sites (tertiary alicyclic amines) is 1. The van der Waals surface area contributed by atoms with Crippen LogP contribution in [0, 0.1) is 0 Å². The van der Waals surface area contributed by atoms with Crippen LogP contribution in [0.5, 0.6) is 5.75 Å². The van der Waals surface area contributed by atoms with Crippen molar-refractivity contribution in [1.29, 1.82) is 0 Å². The Balaban J connectivity index is 1.71. The molecule has 124 valence electrons. The minimum absolute atomic E-state index is 0.218. The second kappa shape index (κ2) is 9.13. The average molecular weight is 307 g/mol. The van der Waals surface area contributed by atoms with Gasteiger partial charge in [-0.05, 0) is 50.8 Å². The number of hydrogen-bond donors (Lipinski definition) is 1. The predicted octanol–water partition coefficient (Wildman–Crippen LogP) is 2.84. The van der Waals surface area contributed by atoms with Gasteiger partial charge in [0, 0.05) is 32.8 Å². The van der Waals surface area contributed by atoms with Gasteiger partial charge in [0.05, 0.1) is 12.2 Å². The minimum atomic E-state index is 0.218. The molecule has 0 aliphatic carbocycles. The van der Waals surface area contributed by atoms with E-state index in [9.17, 15) is 0 Å². The molecule has 1 aromatic carbocycles. The van der Waals surface area contributed by atoms with E-state index >= 15 is 0 Å². The van der Waals surface area contributed by atoms with E-state index in [4.69, 9.17) is 14.6 Å². The molecule has 1 aliphatic heterocycles. The fourth-order valence-electron chi connectivity index (χ4n) is 2.75. The molecule has 4 heteroatoms. The molecule has 4 nitrogen and oxygen atoms in total. The maximum atomic E-state index is 8.77. The second-order valence-electron chi connectivity index (χ2n) is 6.23. The lowest BCUT2D eigenvalue weighted by Crippen LogP contribution is -2.36. The van der Waals surface area contributed by atoms with E-state index in [0.717, 1.165) is 44.6 Å². The van der Waals surface area contributed by atoms with Crippen LogP contribution in [0.25, 0.3) is 0 Å². The summed E-state index contributed by atoms with van der Waals surface area (Å²) in [6.07, 6.45) is 3.49. The lowest BCUT2D eigenvalue weighted by Gasteiger charge is -2.32. The van der Waals surface area contributed by atoms with Crippen molar-refractivity contribution in [3.8, 4) is 5.75 Å². The van der Waals surface area contributed by atoms with Crippen molar-refractivity contribution in [2.24, 2.45) is 0 Å². The SMILES string of the molecule is CC(C)Oc1ccc(CN2CCC(OCCCO)CC2)cc1. The monoisotopic (exact) mass is 307 g/mol. The summed E-state index contributed by atoms with van der Waals surface area (Å²) in [5, 5.41) is 8.77. The fraction of sp³-hybridized carbons (Fsp3) is 0.667. The number of rotatable bonds is 8. The average Bonchev–Trinajstić information content (AvgIpc) is 2.51. The Morgan fingerprint density at radius 1 is 1.18 bits per heavy atom. The van der Waals surface area contributed by atoms with Crippen LogP contribution in [0.1, 0.15) is 38.7 Å². The van der Waals surface area contributed by atoms with E-state index in [1.54, 1.807) is 0 Å². The Labute approximate surface area is 134 Å². The first-order valence-electron chi connectivity index (χ1n) is 8.38. The van der Waals surface area contributed by atoms with Crippen LogP contribution in [0.2, 0.25) is 0 Å². The van der Waals surface area contributed by atoms with Gasteiger partial charge in [0.2, 0.25) is 0 Å². The zero-order valence-corrected chi connectivity index (χ0v) is 13.8. The highest BCUT2D eigenvalue weighted by molar-refractivity contribution is 5.27. The summed E-state index contributed by atoms with van der Waals surface area (Å²) in [5.41, 5.74) is 1.33. The number of benzene rings is 1. The number of aliphatic hydroxyl groups excluding tert-OH is 1. The highest BCUT2D eigenvalue weighted by Crippen LogP contribution is 2.19. The number of aliphatic hydroxyl groups is 1. The van der Waals surface area contributed by atoms with Crippen LogP contribution in [0.3, 0.4) is 0 Å². The van der Waals surface area contributed by atoms with Gasteiger partial charge in [-0.3, -0.25) is 4.90 Å². The molecule has 1 fully saturated rings. The number of nitrogens with zero attached hydrogens (tertiary/aromatic N) is 1. The number of piperidine rings is 1. The van der Waals surface area contributed by atoms with Crippen LogP contribution in [0.4, 0.5) is 0 Å². The highest BCUT2D eigenvalue weighted by Gasteiger charge is 2.19. The van der Waals surface area contributed by atoms with Gasteiger partial charge in [-0.25, -0.2) is 0 Å². The van der Waals surface area contributed by atoms with Gasteiger partial charge in [0.25, 0.3) is 0 Å². The molecule has 1 aliphatic rings. The molecule has 0 unspecified atom stereocenters. The molecule has 0 amide bonds. The molecule has 0 bridgehead atoms. The quantitative estimate of drug-likeness (QED) is 0.750. The summed E-state index contributed by atoms with van der Waals surface area (Å²) in [7, 11) is 0. The van der Waals surface area contributed by atoms with Gasteiger partial charge < -0.3 is 14.6 Å². The lowest BCUT2D eigenvalue weighted by molar-refractivity contribution is 0.000785. The Kier molecular flexibility index (Phi) is 7.16. The summed E-state index contributed by atoms with van der Waals surface area (Å²) < 4.78 is 11.4. The molecule has 0 saturated carbocycles. The molecule has 1 aromatic rings. The Bertz CT molecular complexity index is 411. The summed E-state index contributed by atoms with van der Waals surface area (Å²) in [6, 6.07) is 8.42.